The summed E-state index contributed by atoms with van der Waals surface area (Å²) in [6, 6.07) is 23.2. The first-order chi connectivity index (χ1) is 14.5. The predicted molar refractivity (Wildman–Crippen MR) is 121 cm³/mol. The highest BCUT2D eigenvalue weighted by Gasteiger charge is 2.15. The standard InChI is InChI=1S/C23H23N3O3S/c1-16(29-20-13-12-18-9-5-6-10-19(18)15-20)22(28)25-26-23(30)24-21(27)14-11-17-7-3-2-4-8-17/h2-10,12-13,15-16H,11,14H2,1H3,(H,25,28)(H2,24,26,27,30). The highest BCUT2D eigenvalue weighted by atomic mass is 32.1. The van der Waals surface area contributed by atoms with Crippen LogP contribution in [0.25, 0.3) is 10.8 Å². The van der Waals surface area contributed by atoms with Gasteiger partial charge in [0.1, 0.15) is 5.75 Å². The number of fused-ring (bicyclic) bond motifs is 1. The van der Waals surface area contributed by atoms with Gasteiger partial charge in [0.05, 0.1) is 0 Å². The van der Waals surface area contributed by atoms with Gasteiger partial charge in [-0.15, -0.1) is 0 Å². The first kappa shape index (κ1) is 21.3. The molecule has 3 aromatic carbocycles. The normalized spacial score (nSPS) is 11.4. The SMILES string of the molecule is CC(Oc1ccc2ccccc2c1)C(=O)NNC(=S)NC(=O)CCc1ccccc1. The maximum Gasteiger partial charge on any atom is 0.279 e. The Balaban J connectivity index is 1.41. The van der Waals surface area contributed by atoms with E-state index in [9.17, 15) is 9.59 Å². The number of aryl methyl sites for hydroxylation is 1. The third kappa shape index (κ3) is 6.28. The van der Waals surface area contributed by atoms with Gasteiger partial charge in [0.25, 0.3) is 5.91 Å². The van der Waals surface area contributed by atoms with Crippen LogP contribution in [0.5, 0.6) is 5.75 Å². The first-order valence-corrected chi connectivity index (χ1v) is 10.0. The molecule has 2 amide bonds. The first-order valence-electron chi connectivity index (χ1n) is 9.60. The Kier molecular flexibility index (Phi) is 7.34. The summed E-state index contributed by atoms with van der Waals surface area (Å²) in [7, 11) is 0. The predicted octanol–water partition coefficient (Wildman–Crippen LogP) is 3.26. The van der Waals surface area contributed by atoms with Crippen molar-refractivity contribution < 1.29 is 14.3 Å². The van der Waals surface area contributed by atoms with Gasteiger partial charge in [-0.05, 0) is 54.0 Å². The molecule has 3 rings (SSSR count). The van der Waals surface area contributed by atoms with Gasteiger partial charge in [0.2, 0.25) is 5.91 Å². The average Bonchev–Trinajstić information content (AvgIpc) is 2.76. The lowest BCUT2D eigenvalue weighted by Crippen LogP contribution is -2.51. The van der Waals surface area contributed by atoms with Crippen LogP contribution in [0.4, 0.5) is 0 Å². The Morgan fingerprint density at radius 3 is 2.40 bits per heavy atom. The number of rotatable bonds is 6. The van der Waals surface area contributed by atoms with Crippen LogP contribution >= 0.6 is 12.2 Å². The van der Waals surface area contributed by atoms with Crippen molar-refractivity contribution in [3.05, 3.63) is 78.4 Å². The highest BCUT2D eigenvalue weighted by Crippen LogP contribution is 2.21. The van der Waals surface area contributed by atoms with Crippen molar-refractivity contribution in [3.8, 4) is 5.75 Å². The van der Waals surface area contributed by atoms with Gasteiger partial charge in [-0.3, -0.25) is 20.4 Å². The Hall–Kier alpha value is -3.45. The van der Waals surface area contributed by atoms with Crippen LogP contribution in [0.2, 0.25) is 0 Å². The monoisotopic (exact) mass is 421 g/mol. The van der Waals surface area contributed by atoms with Crippen LogP contribution in [-0.2, 0) is 16.0 Å². The number of amides is 2. The molecular formula is C23H23N3O3S. The number of hydrogen-bond acceptors (Lipinski definition) is 4. The van der Waals surface area contributed by atoms with E-state index in [-0.39, 0.29) is 11.0 Å². The Bertz CT molecular complexity index is 1040. The van der Waals surface area contributed by atoms with Crippen LogP contribution in [0.1, 0.15) is 18.9 Å². The summed E-state index contributed by atoms with van der Waals surface area (Å²) < 4.78 is 5.70. The Labute approximate surface area is 180 Å². The summed E-state index contributed by atoms with van der Waals surface area (Å²) in [4.78, 5) is 24.2. The van der Waals surface area contributed by atoms with Gasteiger partial charge < -0.3 is 10.1 Å². The lowest BCUT2D eigenvalue weighted by molar-refractivity contribution is -0.128. The molecule has 7 heteroatoms. The van der Waals surface area contributed by atoms with Gasteiger partial charge in [-0.1, -0.05) is 60.7 Å². The highest BCUT2D eigenvalue weighted by molar-refractivity contribution is 7.80. The second-order valence-corrected chi connectivity index (χ2v) is 7.15. The van der Waals surface area contributed by atoms with Crippen molar-refractivity contribution in [3.63, 3.8) is 0 Å². The fourth-order valence-corrected chi connectivity index (χ4v) is 3.01. The van der Waals surface area contributed by atoms with Crippen LogP contribution < -0.4 is 20.9 Å². The molecule has 0 radical (unpaired) electrons. The third-order valence-electron chi connectivity index (χ3n) is 4.44. The zero-order valence-electron chi connectivity index (χ0n) is 16.6. The Morgan fingerprint density at radius 2 is 1.63 bits per heavy atom. The van der Waals surface area contributed by atoms with Crippen molar-refractivity contribution in [1.29, 1.82) is 0 Å². The van der Waals surface area contributed by atoms with Crippen molar-refractivity contribution in [1.82, 2.24) is 16.2 Å². The largest absolute Gasteiger partial charge is 0.481 e. The van der Waals surface area contributed by atoms with Crippen LogP contribution in [0, 0.1) is 0 Å². The quantitative estimate of drug-likeness (QED) is 0.421. The Morgan fingerprint density at radius 1 is 0.933 bits per heavy atom. The minimum atomic E-state index is -0.754. The van der Waals surface area contributed by atoms with Gasteiger partial charge in [0, 0.05) is 6.42 Å². The number of carbonyl (C=O) groups is 2. The molecule has 0 aliphatic rings. The number of ether oxygens (including phenoxy) is 1. The van der Waals surface area contributed by atoms with Gasteiger partial charge >= 0.3 is 0 Å². The van der Waals surface area contributed by atoms with E-state index in [1.54, 1.807) is 6.92 Å². The number of nitrogens with one attached hydrogen (secondary N) is 3. The minimum absolute atomic E-state index is 0.0271. The molecule has 30 heavy (non-hydrogen) atoms. The second-order valence-electron chi connectivity index (χ2n) is 6.75. The molecule has 0 aromatic heterocycles. The maximum atomic E-state index is 12.2. The molecule has 0 fully saturated rings. The van der Waals surface area contributed by atoms with E-state index in [0.29, 0.717) is 18.6 Å². The van der Waals surface area contributed by atoms with Gasteiger partial charge in [0.15, 0.2) is 11.2 Å². The topological polar surface area (TPSA) is 79.5 Å². The molecule has 0 saturated carbocycles. The van der Waals surface area contributed by atoms with E-state index in [0.717, 1.165) is 16.3 Å². The van der Waals surface area contributed by atoms with E-state index in [1.807, 2.05) is 72.8 Å². The second kappa shape index (κ2) is 10.4. The number of hydrazine groups is 1. The summed E-state index contributed by atoms with van der Waals surface area (Å²) >= 11 is 5.05. The molecule has 1 atom stereocenters. The van der Waals surface area contributed by atoms with E-state index in [1.165, 1.54) is 0 Å². The van der Waals surface area contributed by atoms with E-state index in [4.69, 9.17) is 17.0 Å². The zero-order chi connectivity index (χ0) is 21.3. The number of carbonyl (C=O) groups excluding carboxylic acids is 2. The molecule has 0 spiro atoms. The summed E-state index contributed by atoms with van der Waals surface area (Å²) in [5, 5.41) is 4.69. The van der Waals surface area contributed by atoms with Crippen molar-refractivity contribution in [2.75, 3.05) is 0 Å². The number of hydrogen-bond donors (Lipinski definition) is 3. The molecule has 0 saturated heterocycles. The molecule has 6 nitrogen and oxygen atoms in total. The zero-order valence-corrected chi connectivity index (χ0v) is 17.4. The molecule has 0 bridgehead atoms. The summed E-state index contributed by atoms with van der Waals surface area (Å²) in [6.45, 7) is 1.63. The molecule has 0 heterocycles. The summed E-state index contributed by atoms with van der Waals surface area (Å²) in [6.07, 6.45) is 0.148. The number of thiocarbonyl (C=S) groups is 1. The van der Waals surface area contributed by atoms with E-state index in [2.05, 4.69) is 16.2 Å². The third-order valence-corrected chi connectivity index (χ3v) is 4.64. The van der Waals surface area contributed by atoms with Crippen LogP contribution in [0.15, 0.2) is 72.8 Å². The molecule has 0 aliphatic carbocycles. The summed E-state index contributed by atoms with van der Waals surface area (Å²) in [5.74, 6) is -0.0525. The smallest absolute Gasteiger partial charge is 0.279 e. The van der Waals surface area contributed by atoms with Gasteiger partial charge in [-0.2, -0.15) is 0 Å². The van der Waals surface area contributed by atoms with Crippen molar-refractivity contribution >= 4 is 39.9 Å². The molecule has 3 N–H and O–H groups in total. The maximum absolute atomic E-state index is 12.2. The molecule has 3 aromatic rings. The van der Waals surface area contributed by atoms with Crippen LogP contribution in [-0.4, -0.2) is 23.0 Å². The molecular weight excluding hydrogens is 398 g/mol. The molecule has 154 valence electrons. The number of benzene rings is 3. The lowest BCUT2D eigenvalue weighted by Gasteiger charge is -2.16. The minimum Gasteiger partial charge on any atom is -0.481 e. The van der Waals surface area contributed by atoms with E-state index < -0.39 is 12.0 Å². The fourth-order valence-electron chi connectivity index (χ4n) is 2.84. The van der Waals surface area contributed by atoms with E-state index >= 15 is 0 Å². The fraction of sp³-hybridized carbons (Fsp3) is 0.174. The van der Waals surface area contributed by atoms with Crippen molar-refractivity contribution in [2.45, 2.75) is 25.9 Å². The van der Waals surface area contributed by atoms with Crippen molar-refractivity contribution in [2.24, 2.45) is 0 Å². The van der Waals surface area contributed by atoms with Crippen LogP contribution in [0.3, 0.4) is 0 Å². The molecule has 1 unspecified atom stereocenters. The molecule has 0 aliphatic heterocycles. The summed E-state index contributed by atoms with van der Waals surface area (Å²) in [5.41, 5.74) is 6.05. The average molecular weight is 422 g/mol. The van der Waals surface area contributed by atoms with Gasteiger partial charge in [-0.25, -0.2) is 0 Å². The lowest BCUT2D eigenvalue weighted by atomic mass is 10.1.